The zero-order valence-corrected chi connectivity index (χ0v) is 12.1. The third-order valence-corrected chi connectivity index (χ3v) is 3.46. The van der Waals surface area contributed by atoms with Crippen LogP contribution >= 0.6 is 12.4 Å². The Labute approximate surface area is 123 Å². The minimum Gasteiger partial charge on any atom is -0.350 e. The van der Waals surface area contributed by atoms with Gasteiger partial charge < -0.3 is 10.6 Å². The maximum Gasteiger partial charge on any atom is 0.220 e. The van der Waals surface area contributed by atoms with Crippen molar-refractivity contribution in [3.8, 4) is 0 Å². The number of nitrogens with one attached hydrogen (secondary N) is 2. The molecule has 0 spiro atoms. The van der Waals surface area contributed by atoms with E-state index in [-0.39, 0.29) is 24.4 Å². The number of hydrogen-bond acceptors (Lipinski definition) is 2. The second kappa shape index (κ2) is 7.55. The standard InChI is InChI=1S/C14H18F2N2O.ClH/c1-9(11-2-3-12(15)13(16)7-11)18-14(19)6-10-4-5-17-8-10;/h2-3,7,9-10,17H,4-6,8H2,1H3,(H,18,19);1H. The van der Waals surface area contributed by atoms with Gasteiger partial charge in [-0.2, -0.15) is 0 Å². The Balaban J connectivity index is 0.00000200. The van der Waals surface area contributed by atoms with Crippen LogP contribution in [0.15, 0.2) is 18.2 Å². The van der Waals surface area contributed by atoms with Crippen molar-refractivity contribution in [2.75, 3.05) is 13.1 Å². The third-order valence-electron chi connectivity index (χ3n) is 3.46. The fourth-order valence-electron chi connectivity index (χ4n) is 2.32. The van der Waals surface area contributed by atoms with Crippen molar-refractivity contribution < 1.29 is 13.6 Å². The minimum atomic E-state index is -0.890. The molecule has 0 saturated carbocycles. The first-order valence-electron chi connectivity index (χ1n) is 6.51. The van der Waals surface area contributed by atoms with Crippen molar-refractivity contribution in [3.05, 3.63) is 35.4 Å². The topological polar surface area (TPSA) is 41.1 Å². The SMILES string of the molecule is CC(NC(=O)CC1CCNC1)c1ccc(F)c(F)c1.Cl. The van der Waals surface area contributed by atoms with E-state index in [9.17, 15) is 13.6 Å². The van der Waals surface area contributed by atoms with Crippen LogP contribution in [-0.4, -0.2) is 19.0 Å². The lowest BCUT2D eigenvalue weighted by Gasteiger charge is -2.16. The number of amides is 1. The van der Waals surface area contributed by atoms with Crippen LogP contribution in [0, 0.1) is 17.6 Å². The summed E-state index contributed by atoms with van der Waals surface area (Å²) < 4.78 is 25.9. The number of rotatable bonds is 4. The molecule has 1 aromatic carbocycles. The molecule has 1 saturated heterocycles. The summed E-state index contributed by atoms with van der Waals surface area (Å²) in [5.74, 6) is -1.44. The predicted octanol–water partition coefficient (Wildman–Crippen LogP) is 2.56. The quantitative estimate of drug-likeness (QED) is 0.897. The summed E-state index contributed by atoms with van der Waals surface area (Å²) in [6.07, 6.45) is 1.48. The molecule has 20 heavy (non-hydrogen) atoms. The van der Waals surface area contributed by atoms with E-state index >= 15 is 0 Å². The van der Waals surface area contributed by atoms with Crippen molar-refractivity contribution >= 4 is 18.3 Å². The summed E-state index contributed by atoms with van der Waals surface area (Å²) in [5.41, 5.74) is 0.566. The largest absolute Gasteiger partial charge is 0.350 e. The molecular formula is C14H19ClF2N2O. The van der Waals surface area contributed by atoms with Crippen molar-refractivity contribution in [1.29, 1.82) is 0 Å². The Morgan fingerprint density at radius 3 is 2.80 bits per heavy atom. The number of carbonyl (C=O) groups is 1. The monoisotopic (exact) mass is 304 g/mol. The molecule has 2 rings (SSSR count). The zero-order valence-electron chi connectivity index (χ0n) is 11.3. The van der Waals surface area contributed by atoms with Gasteiger partial charge in [-0.25, -0.2) is 8.78 Å². The molecule has 6 heteroatoms. The maximum absolute atomic E-state index is 13.1. The molecule has 112 valence electrons. The molecule has 1 fully saturated rings. The van der Waals surface area contributed by atoms with Gasteiger partial charge in [0.1, 0.15) is 0 Å². The van der Waals surface area contributed by atoms with Crippen molar-refractivity contribution in [2.24, 2.45) is 5.92 Å². The fraction of sp³-hybridized carbons (Fsp3) is 0.500. The first kappa shape index (κ1) is 16.9. The lowest BCUT2D eigenvalue weighted by molar-refractivity contribution is -0.122. The number of carbonyl (C=O) groups excluding carboxylic acids is 1. The summed E-state index contributed by atoms with van der Waals surface area (Å²) in [6, 6.07) is 3.36. The first-order chi connectivity index (χ1) is 9.06. The Morgan fingerprint density at radius 1 is 1.45 bits per heavy atom. The van der Waals surface area contributed by atoms with Gasteiger partial charge in [0.2, 0.25) is 5.91 Å². The van der Waals surface area contributed by atoms with Gasteiger partial charge >= 0.3 is 0 Å². The molecule has 2 atom stereocenters. The highest BCUT2D eigenvalue weighted by Crippen LogP contribution is 2.17. The molecule has 1 heterocycles. The predicted molar refractivity (Wildman–Crippen MR) is 75.8 cm³/mol. The van der Waals surface area contributed by atoms with Crippen LogP contribution in [0.5, 0.6) is 0 Å². The number of halogens is 3. The van der Waals surface area contributed by atoms with Crippen LogP contribution in [0.2, 0.25) is 0 Å². The lowest BCUT2D eigenvalue weighted by atomic mass is 10.0. The van der Waals surface area contributed by atoms with Crippen LogP contribution < -0.4 is 10.6 Å². The summed E-state index contributed by atoms with van der Waals surface area (Å²) in [5, 5.41) is 6.02. The molecule has 0 bridgehead atoms. The average molecular weight is 305 g/mol. The second-order valence-electron chi connectivity index (χ2n) is 5.03. The molecule has 2 unspecified atom stereocenters. The molecule has 0 aliphatic carbocycles. The molecule has 3 nitrogen and oxygen atoms in total. The van der Waals surface area contributed by atoms with E-state index in [4.69, 9.17) is 0 Å². The van der Waals surface area contributed by atoms with Crippen LogP contribution in [0.4, 0.5) is 8.78 Å². The summed E-state index contributed by atoms with van der Waals surface area (Å²) >= 11 is 0. The van der Waals surface area contributed by atoms with Crippen molar-refractivity contribution in [2.45, 2.75) is 25.8 Å². The number of benzene rings is 1. The van der Waals surface area contributed by atoms with Gasteiger partial charge in [0.25, 0.3) is 0 Å². The second-order valence-corrected chi connectivity index (χ2v) is 5.03. The highest BCUT2D eigenvalue weighted by molar-refractivity contribution is 5.85. The van der Waals surface area contributed by atoms with E-state index in [1.807, 2.05) is 0 Å². The van der Waals surface area contributed by atoms with Gasteiger partial charge in [-0.1, -0.05) is 6.07 Å². The number of hydrogen-bond donors (Lipinski definition) is 2. The van der Waals surface area contributed by atoms with E-state index in [1.54, 1.807) is 6.92 Å². The van der Waals surface area contributed by atoms with E-state index in [1.165, 1.54) is 6.07 Å². The fourth-order valence-corrected chi connectivity index (χ4v) is 2.32. The van der Waals surface area contributed by atoms with E-state index in [2.05, 4.69) is 10.6 Å². The summed E-state index contributed by atoms with van der Waals surface area (Å²) in [6.45, 7) is 3.58. The molecule has 1 aromatic rings. The van der Waals surface area contributed by atoms with Crippen LogP contribution in [0.3, 0.4) is 0 Å². The Morgan fingerprint density at radius 2 is 2.20 bits per heavy atom. The van der Waals surface area contributed by atoms with Gasteiger partial charge in [-0.15, -0.1) is 12.4 Å². The van der Waals surface area contributed by atoms with Crippen molar-refractivity contribution in [3.63, 3.8) is 0 Å². The van der Waals surface area contributed by atoms with Gasteiger partial charge in [0.05, 0.1) is 6.04 Å². The molecule has 1 aliphatic rings. The van der Waals surface area contributed by atoms with Gasteiger partial charge in [0.15, 0.2) is 11.6 Å². The van der Waals surface area contributed by atoms with Crippen LogP contribution in [0.25, 0.3) is 0 Å². The Hall–Kier alpha value is -1.20. The normalized spacial score (nSPS) is 19.2. The van der Waals surface area contributed by atoms with Gasteiger partial charge in [-0.3, -0.25) is 4.79 Å². The molecule has 0 aromatic heterocycles. The third kappa shape index (κ3) is 4.42. The smallest absolute Gasteiger partial charge is 0.220 e. The minimum absolute atomic E-state index is 0. The first-order valence-corrected chi connectivity index (χ1v) is 6.51. The van der Waals surface area contributed by atoms with Crippen LogP contribution in [0.1, 0.15) is 31.4 Å². The lowest BCUT2D eigenvalue weighted by Crippen LogP contribution is -2.29. The van der Waals surface area contributed by atoms with Crippen LogP contribution in [-0.2, 0) is 4.79 Å². The van der Waals surface area contributed by atoms with Gasteiger partial charge in [0, 0.05) is 6.42 Å². The summed E-state index contributed by atoms with van der Waals surface area (Å²) in [4.78, 5) is 11.8. The highest BCUT2D eigenvalue weighted by atomic mass is 35.5. The van der Waals surface area contributed by atoms with E-state index in [0.717, 1.165) is 31.6 Å². The average Bonchev–Trinajstić information content (AvgIpc) is 2.85. The Bertz CT molecular complexity index is 464. The molecule has 0 radical (unpaired) electrons. The Kier molecular flexibility index (Phi) is 6.36. The maximum atomic E-state index is 13.1. The molecule has 1 amide bonds. The molecular weight excluding hydrogens is 286 g/mol. The highest BCUT2D eigenvalue weighted by Gasteiger charge is 2.19. The summed E-state index contributed by atoms with van der Waals surface area (Å²) in [7, 11) is 0. The molecule has 2 N–H and O–H groups in total. The zero-order chi connectivity index (χ0) is 13.8. The van der Waals surface area contributed by atoms with Crippen molar-refractivity contribution in [1.82, 2.24) is 10.6 Å². The molecule has 1 aliphatic heterocycles. The van der Waals surface area contributed by atoms with E-state index < -0.39 is 11.6 Å². The van der Waals surface area contributed by atoms with E-state index in [0.29, 0.717) is 17.9 Å². The van der Waals surface area contributed by atoms with Gasteiger partial charge in [-0.05, 0) is 50.0 Å².